The van der Waals surface area contributed by atoms with E-state index >= 15 is 0 Å². The van der Waals surface area contributed by atoms with Crippen LogP contribution in [0.15, 0.2) is 18.2 Å². The van der Waals surface area contributed by atoms with E-state index in [2.05, 4.69) is 49.6 Å². The van der Waals surface area contributed by atoms with Crippen LogP contribution in [0.2, 0.25) is 0 Å². The minimum atomic E-state index is 0.232. The molecule has 1 aliphatic rings. The van der Waals surface area contributed by atoms with Gasteiger partial charge in [-0.2, -0.15) is 0 Å². The maximum Gasteiger partial charge on any atom is 0.0419 e. The van der Waals surface area contributed by atoms with E-state index in [1.54, 1.807) is 0 Å². The van der Waals surface area contributed by atoms with Crippen LogP contribution in [0.5, 0.6) is 0 Å². The van der Waals surface area contributed by atoms with E-state index in [1.807, 2.05) is 0 Å². The van der Waals surface area contributed by atoms with Gasteiger partial charge in [-0.3, -0.25) is 0 Å². The van der Waals surface area contributed by atoms with E-state index in [-0.39, 0.29) is 5.54 Å². The number of rotatable bonds is 5. The monoisotopic (exact) mass is 232 g/mol. The second-order valence-corrected chi connectivity index (χ2v) is 5.62. The van der Waals surface area contributed by atoms with Gasteiger partial charge in [-0.25, -0.2) is 0 Å². The highest BCUT2D eigenvalue weighted by molar-refractivity contribution is 5.61. The molecule has 2 N–H and O–H groups in total. The fourth-order valence-corrected chi connectivity index (χ4v) is 2.61. The van der Waals surface area contributed by atoms with Crippen molar-refractivity contribution in [1.82, 2.24) is 5.32 Å². The van der Waals surface area contributed by atoms with Gasteiger partial charge < -0.3 is 10.6 Å². The summed E-state index contributed by atoms with van der Waals surface area (Å²) in [4.78, 5) is 0. The average Bonchev–Trinajstić information content (AvgIpc) is 2.74. The lowest BCUT2D eigenvalue weighted by Crippen LogP contribution is -2.38. The van der Waals surface area contributed by atoms with E-state index in [9.17, 15) is 0 Å². The molecule has 2 nitrogen and oxygen atoms in total. The fourth-order valence-electron chi connectivity index (χ4n) is 2.61. The zero-order valence-corrected chi connectivity index (χ0v) is 11.3. The zero-order valence-electron chi connectivity index (χ0n) is 11.3. The van der Waals surface area contributed by atoms with Gasteiger partial charge in [-0.05, 0) is 37.8 Å². The Morgan fingerprint density at radius 3 is 2.94 bits per heavy atom. The lowest BCUT2D eigenvalue weighted by molar-refractivity contribution is 0.357. The van der Waals surface area contributed by atoms with Crippen LogP contribution in [0.25, 0.3) is 0 Å². The van der Waals surface area contributed by atoms with Crippen LogP contribution in [0, 0.1) is 0 Å². The third-order valence-corrected chi connectivity index (χ3v) is 3.57. The molecule has 2 rings (SSSR count). The summed E-state index contributed by atoms with van der Waals surface area (Å²) in [7, 11) is 0. The van der Waals surface area contributed by atoms with Gasteiger partial charge in [0.05, 0.1) is 0 Å². The first kappa shape index (κ1) is 12.4. The molecule has 1 aromatic rings. The number of hydrogen-bond acceptors (Lipinski definition) is 2. The van der Waals surface area contributed by atoms with E-state index in [1.165, 1.54) is 36.1 Å². The first-order valence-corrected chi connectivity index (χ1v) is 6.72. The van der Waals surface area contributed by atoms with Crippen LogP contribution in [-0.4, -0.2) is 12.1 Å². The summed E-state index contributed by atoms with van der Waals surface area (Å²) in [6.07, 6.45) is 3.61. The van der Waals surface area contributed by atoms with Gasteiger partial charge in [0.25, 0.3) is 0 Å². The quantitative estimate of drug-likeness (QED) is 0.813. The number of anilines is 1. The number of nitrogens with one attached hydrogen (secondary N) is 2. The van der Waals surface area contributed by atoms with Gasteiger partial charge in [0.1, 0.15) is 0 Å². The molecule has 0 fully saturated rings. The Kier molecular flexibility index (Phi) is 3.72. The summed E-state index contributed by atoms with van der Waals surface area (Å²) < 4.78 is 0. The Labute approximate surface area is 105 Å². The maximum absolute atomic E-state index is 3.67. The summed E-state index contributed by atoms with van der Waals surface area (Å²) in [5.74, 6) is 0. The lowest BCUT2D eigenvalue weighted by Gasteiger charge is -2.26. The Balaban J connectivity index is 2.02. The van der Waals surface area contributed by atoms with Gasteiger partial charge in [0.2, 0.25) is 0 Å². The molecule has 1 aliphatic heterocycles. The Morgan fingerprint density at radius 2 is 2.18 bits per heavy atom. The number of fused-ring (bicyclic) bond motifs is 1. The first-order valence-electron chi connectivity index (χ1n) is 6.72. The van der Waals surface area contributed by atoms with Gasteiger partial charge in [-0.15, -0.1) is 0 Å². The van der Waals surface area contributed by atoms with Crippen molar-refractivity contribution >= 4 is 5.69 Å². The number of para-hydroxylation sites is 1. The molecule has 0 aromatic heterocycles. The van der Waals surface area contributed by atoms with Crippen LogP contribution < -0.4 is 10.6 Å². The van der Waals surface area contributed by atoms with Crippen molar-refractivity contribution in [3.05, 3.63) is 29.3 Å². The number of benzene rings is 1. The van der Waals surface area contributed by atoms with Crippen molar-refractivity contribution in [2.24, 2.45) is 0 Å². The standard InChI is InChI=1S/C15H24N2/c1-4-9-15(2,3)17-11-13-7-5-6-12-8-10-16-14(12)13/h5-7,16-17H,4,8-11H2,1-3H3. The molecule has 0 saturated heterocycles. The van der Waals surface area contributed by atoms with Crippen molar-refractivity contribution in [2.45, 2.75) is 52.1 Å². The van der Waals surface area contributed by atoms with E-state index < -0.39 is 0 Å². The topological polar surface area (TPSA) is 24.1 Å². The maximum atomic E-state index is 3.67. The molecule has 0 aliphatic carbocycles. The van der Waals surface area contributed by atoms with E-state index in [0.717, 1.165) is 13.1 Å². The minimum absolute atomic E-state index is 0.232. The van der Waals surface area contributed by atoms with Crippen LogP contribution in [0.1, 0.15) is 44.7 Å². The Hall–Kier alpha value is -1.02. The zero-order chi connectivity index (χ0) is 12.3. The predicted octanol–water partition coefficient (Wildman–Crippen LogP) is 3.32. The molecule has 2 heteroatoms. The Bertz CT molecular complexity index is 383. The van der Waals surface area contributed by atoms with Gasteiger partial charge in [0.15, 0.2) is 0 Å². The molecule has 17 heavy (non-hydrogen) atoms. The highest BCUT2D eigenvalue weighted by Crippen LogP contribution is 2.26. The number of hydrogen-bond donors (Lipinski definition) is 2. The predicted molar refractivity (Wildman–Crippen MR) is 74.5 cm³/mol. The van der Waals surface area contributed by atoms with Crippen LogP contribution >= 0.6 is 0 Å². The third kappa shape index (κ3) is 3.01. The van der Waals surface area contributed by atoms with Crippen LogP contribution in [0.3, 0.4) is 0 Å². The average molecular weight is 232 g/mol. The third-order valence-electron chi connectivity index (χ3n) is 3.57. The molecule has 0 atom stereocenters. The summed E-state index contributed by atoms with van der Waals surface area (Å²) in [5, 5.41) is 7.16. The Morgan fingerprint density at radius 1 is 1.35 bits per heavy atom. The van der Waals surface area contributed by atoms with Crippen molar-refractivity contribution in [3.8, 4) is 0 Å². The molecule has 0 radical (unpaired) electrons. The highest BCUT2D eigenvalue weighted by Gasteiger charge is 2.18. The van der Waals surface area contributed by atoms with Crippen molar-refractivity contribution in [3.63, 3.8) is 0 Å². The molecule has 1 heterocycles. The molecular weight excluding hydrogens is 208 g/mol. The summed E-state index contributed by atoms with van der Waals surface area (Å²) in [6.45, 7) is 8.86. The highest BCUT2D eigenvalue weighted by atomic mass is 15.0. The fraction of sp³-hybridized carbons (Fsp3) is 0.600. The molecule has 0 saturated carbocycles. The van der Waals surface area contributed by atoms with Crippen molar-refractivity contribution < 1.29 is 0 Å². The lowest BCUT2D eigenvalue weighted by atomic mass is 9.98. The largest absolute Gasteiger partial charge is 0.384 e. The first-order chi connectivity index (χ1) is 8.12. The van der Waals surface area contributed by atoms with Gasteiger partial charge >= 0.3 is 0 Å². The second kappa shape index (κ2) is 5.09. The molecular formula is C15H24N2. The van der Waals surface area contributed by atoms with Gasteiger partial charge in [-0.1, -0.05) is 31.5 Å². The van der Waals surface area contributed by atoms with E-state index in [0.29, 0.717) is 0 Å². The summed E-state index contributed by atoms with van der Waals surface area (Å²) in [6, 6.07) is 6.64. The smallest absolute Gasteiger partial charge is 0.0419 e. The van der Waals surface area contributed by atoms with E-state index in [4.69, 9.17) is 0 Å². The summed E-state index contributed by atoms with van der Waals surface area (Å²) in [5.41, 5.74) is 4.48. The normalized spacial score (nSPS) is 14.5. The second-order valence-electron chi connectivity index (χ2n) is 5.62. The molecule has 0 amide bonds. The molecule has 1 aromatic carbocycles. The SMILES string of the molecule is CCCC(C)(C)NCc1cccc2c1NCC2. The molecule has 0 unspecified atom stereocenters. The molecule has 94 valence electrons. The van der Waals surface area contributed by atoms with Crippen LogP contribution in [-0.2, 0) is 13.0 Å². The minimum Gasteiger partial charge on any atom is -0.384 e. The van der Waals surface area contributed by atoms with Crippen molar-refractivity contribution in [1.29, 1.82) is 0 Å². The molecule has 0 bridgehead atoms. The summed E-state index contributed by atoms with van der Waals surface area (Å²) >= 11 is 0. The van der Waals surface area contributed by atoms with Crippen LogP contribution in [0.4, 0.5) is 5.69 Å². The van der Waals surface area contributed by atoms with Gasteiger partial charge in [0, 0.05) is 24.3 Å². The van der Waals surface area contributed by atoms with Crippen molar-refractivity contribution in [2.75, 3.05) is 11.9 Å². The molecule has 0 spiro atoms.